The summed E-state index contributed by atoms with van der Waals surface area (Å²) < 4.78 is 23.8. The number of hydrogen-bond acceptors (Lipinski definition) is 4. The monoisotopic (exact) mass is 311 g/mol. The summed E-state index contributed by atoms with van der Waals surface area (Å²) in [7, 11) is 2.76. The van der Waals surface area contributed by atoms with E-state index < -0.39 is 11.8 Å². The van der Waals surface area contributed by atoms with Crippen molar-refractivity contribution >= 4 is 16.9 Å². The van der Waals surface area contributed by atoms with Gasteiger partial charge in [0, 0.05) is 10.9 Å². The van der Waals surface area contributed by atoms with Crippen LogP contribution in [0.4, 0.5) is 4.39 Å². The predicted octanol–water partition coefficient (Wildman–Crippen LogP) is 3.84. The van der Waals surface area contributed by atoms with Gasteiger partial charge in [-0.2, -0.15) is 0 Å². The van der Waals surface area contributed by atoms with E-state index in [2.05, 4.69) is 9.72 Å². The van der Waals surface area contributed by atoms with Crippen molar-refractivity contribution in [2.45, 2.75) is 0 Å². The number of methoxy groups -OCH3 is 2. The van der Waals surface area contributed by atoms with E-state index in [0.717, 1.165) is 5.56 Å². The zero-order valence-electron chi connectivity index (χ0n) is 12.7. The molecule has 3 aromatic rings. The molecule has 0 spiro atoms. The molecule has 0 atom stereocenters. The van der Waals surface area contributed by atoms with Crippen molar-refractivity contribution < 1.29 is 18.7 Å². The van der Waals surface area contributed by atoms with E-state index in [0.29, 0.717) is 22.2 Å². The highest BCUT2D eigenvalue weighted by Crippen LogP contribution is 2.27. The Morgan fingerprint density at radius 2 is 1.74 bits per heavy atom. The van der Waals surface area contributed by atoms with E-state index >= 15 is 0 Å². The fourth-order valence-corrected chi connectivity index (χ4v) is 2.36. The lowest BCUT2D eigenvalue weighted by Crippen LogP contribution is -2.00. The van der Waals surface area contributed by atoms with E-state index in [-0.39, 0.29) is 5.75 Å². The average molecular weight is 311 g/mol. The number of aromatic nitrogens is 1. The van der Waals surface area contributed by atoms with Crippen LogP contribution in [-0.2, 0) is 4.74 Å². The predicted molar refractivity (Wildman–Crippen MR) is 85.0 cm³/mol. The van der Waals surface area contributed by atoms with E-state index in [1.54, 1.807) is 48.5 Å². The van der Waals surface area contributed by atoms with Crippen molar-refractivity contribution in [1.29, 1.82) is 0 Å². The van der Waals surface area contributed by atoms with Gasteiger partial charge in [-0.25, -0.2) is 14.2 Å². The number of hydrogen-bond donors (Lipinski definition) is 0. The topological polar surface area (TPSA) is 48.4 Å². The molecule has 0 saturated heterocycles. The fraction of sp³-hybridized carbons (Fsp3) is 0.111. The lowest BCUT2D eigenvalue weighted by Gasteiger charge is -2.07. The second-order valence-electron chi connectivity index (χ2n) is 4.91. The van der Waals surface area contributed by atoms with Gasteiger partial charge in [0.25, 0.3) is 0 Å². The number of halogens is 1. The first-order valence-electron chi connectivity index (χ1n) is 6.96. The Bertz CT molecular complexity index is 875. The van der Waals surface area contributed by atoms with Crippen LogP contribution in [0.15, 0.2) is 48.5 Å². The van der Waals surface area contributed by atoms with Crippen LogP contribution in [0.25, 0.3) is 22.2 Å². The summed E-state index contributed by atoms with van der Waals surface area (Å²) in [6.45, 7) is 0. The maximum Gasteiger partial charge on any atom is 0.337 e. The molecule has 0 N–H and O–H groups in total. The number of fused-ring (bicyclic) bond motifs is 1. The molecule has 0 radical (unpaired) electrons. The van der Waals surface area contributed by atoms with Gasteiger partial charge < -0.3 is 9.47 Å². The van der Waals surface area contributed by atoms with Crippen LogP contribution >= 0.6 is 0 Å². The number of benzene rings is 2. The molecule has 1 aromatic heterocycles. The highest BCUT2D eigenvalue weighted by molar-refractivity contribution is 5.90. The number of esters is 1. The number of carbonyl (C=O) groups excluding carboxylic acids is 1. The van der Waals surface area contributed by atoms with Gasteiger partial charge in [-0.3, -0.25) is 0 Å². The first-order valence-corrected chi connectivity index (χ1v) is 6.96. The third-order valence-electron chi connectivity index (χ3n) is 3.59. The Kier molecular flexibility index (Phi) is 3.93. The molecular formula is C18H14FNO3. The van der Waals surface area contributed by atoms with Crippen molar-refractivity contribution in [2.75, 3.05) is 14.2 Å². The zero-order chi connectivity index (χ0) is 16.4. The van der Waals surface area contributed by atoms with Gasteiger partial charge in [0.15, 0.2) is 11.6 Å². The molecule has 4 nitrogen and oxygen atoms in total. The molecule has 2 aromatic carbocycles. The standard InChI is InChI=1S/C18H14FNO3/c1-22-16-10-9-15-13(17(16)19)7-8-14(20-15)11-3-5-12(6-4-11)18(21)23-2/h3-10H,1-2H3. The maximum absolute atomic E-state index is 14.2. The lowest BCUT2D eigenvalue weighted by molar-refractivity contribution is 0.0601. The van der Waals surface area contributed by atoms with Gasteiger partial charge in [0.05, 0.1) is 31.0 Å². The average Bonchev–Trinajstić information content (AvgIpc) is 2.61. The Balaban J connectivity index is 2.02. The van der Waals surface area contributed by atoms with E-state index in [1.807, 2.05) is 0 Å². The fourth-order valence-electron chi connectivity index (χ4n) is 2.36. The number of ether oxygens (including phenoxy) is 2. The van der Waals surface area contributed by atoms with Crippen molar-refractivity contribution in [3.8, 4) is 17.0 Å². The van der Waals surface area contributed by atoms with Crippen LogP contribution in [-0.4, -0.2) is 25.2 Å². The van der Waals surface area contributed by atoms with Gasteiger partial charge in [-0.1, -0.05) is 12.1 Å². The third-order valence-corrected chi connectivity index (χ3v) is 3.59. The molecule has 0 saturated carbocycles. The molecule has 0 unspecified atom stereocenters. The Labute approximate surface area is 132 Å². The molecule has 5 heteroatoms. The molecule has 3 rings (SSSR count). The van der Waals surface area contributed by atoms with Crippen LogP contribution in [0.5, 0.6) is 5.75 Å². The summed E-state index contributed by atoms with van der Waals surface area (Å²) in [5, 5.41) is 0.402. The number of nitrogens with zero attached hydrogens (tertiary/aromatic N) is 1. The largest absolute Gasteiger partial charge is 0.494 e. The molecule has 0 aliphatic heterocycles. The molecule has 116 valence electrons. The Morgan fingerprint density at radius 1 is 1.00 bits per heavy atom. The minimum absolute atomic E-state index is 0.189. The van der Waals surface area contributed by atoms with Crippen molar-refractivity contribution in [3.63, 3.8) is 0 Å². The molecule has 1 heterocycles. The van der Waals surface area contributed by atoms with Gasteiger partial charge >= 0.3 is 5.97 Å². The SMILES string of the molecule is COC(=O)c1ccc(-c2ccc3c(F)c(OC)ccc3n2)cc1. The highest BCUT2D eigenvalue weighted by atomic mass is 19.1. The normalized spacial score (nSPS) is 10.6. The van der Waals surface area contributed by atoms with Crippen molar-refractivity contribution in [2.24, 2.45) is 0 Å². The second-order valence-corrected chi connectivity index (χ2v) is 4.91. The Hall–Kier alpha value is -2.95. The zero-order valence-corrected chi connectivity index (χ0v) is 12.7. The molecule has 23 heavy (non-hydrogen) atoms. The molecule has 0 fully saturated rings. The van der Waals surface area contributed by atoms with Crippen LogP contribution in [0.2, 0.25) is 0 Å². The minimum Gasteiger partial charge on any atom is -0.494 e. The quantitative estimate of drug-likeness (QED) is 0.690. The first kappa shape index (κ1) is 15.0. The van der Waals surface area contributed by atoms with Gasteiger partial charge in [0.2, 0.25) is 0 Å². The van der Waals surface area contributed by atoms with Crippen LogP contribution < -0.4 is 4.74 Å². The highest BCUT2D eigenvalue weighted by Gasteiger charge is 2.10. The van der Waals surface area contributed by atoms with Gasteiger partial charge in [-0.15, -0.1) is 0 Å². The number of carbonyl (C=O) groups is 1. The van der Waals surface area contributed by atoms with Gasteiger partial charge in [-0.05, 0) is 36.4 Å². The molecule has 0 bridgehead atoms. The number of pyridine rings is 1. The summed E-state index contributed by atoms with van der Waals surface area (Å²) >= 11 is 0. The van der Waals surface area contributed by atoms with Crippen molar-refractivity contribution in [1.82, 2.24) is 4.98 Å². The maximum atomic E-state index is 14.2. The van der Waals surface area contributed by atoms with E-state index in [1.165, 1.54) is 14.2 Å². The molecular weight excluding hydrogens is 297 g/mol. The summed E-state index contributed by atoms with van der Waals surface area (Å²) in [5.41, 5.74) is 2.53. The summed E-state index contributed by atoms with van der Waals surface area (Å²) in [5.74, 6) is -0.628. The second kappa shape index (κ2) is 6.04. The minimum atomic E-state index is -0.426. The Morgan fingerprint density at radius 3 is 2.39 bits per heavy atom. The number of rotatable bonds is 3. The summed E-state index contributed by atoms with van der Waals surface area (Å²) in [6, 6.07) is 13.6. The van der Waals surface area contributed by atoms with Crippen LogP contribution in [0, 0.1) is 5.82 Å². The smallest absolute Gasteiger partial charge is 0.337 e. The van der Waals surface area contributed by atoms with Crippen molar-refractivity contribution in [3.05, 3.63) is 59.9 Å². The van der Waals surface area contributed by atoms with E-state index in [4.69, 9.17) is 4.74 Å². The molecule has 0 aliphatic rings. The summed E-state index contributed by atoms with van der Waals surface area (Å²) in [4.78, 5) is 15.9. The first-order chi connectivity index (χ1) is 11.1. The molecule has 0 amide bonds. The van der Waals surface area contributed by atoms with Gasteiger partial charge in [0.1, 0.15) is 0 Å². The van der Waals surface area contributed by atoms with Crippen LogP contribution in [0.1, 0.15) is 10.4 Å². The molecule has 0 aliphatic carbocycles. The van der Waals surface area contributed by atoms with Crippen LogP contribution in [0.3, 0.4) is 0 Å². The summed E-state index contributed by atoms with van der Waals surface area (Å²) in [6.07, 6.45) is 0. The van der Waals surface area contributed by atoms with E-state index in [9.17, 15) is 9.18 Å². The lowest BCUT2D eigenvalue weighted by atomic mass is 10.1. The third kappa shape index (κ3) is 2.73.